The summed E-state index contributed by atoms with van der Waals surface area (Å²) in [5.41, 5.74) is 0. The third-order valence-electron chi connectivity index (χ3n) is 3.09. The molecule has 1 rings (SSSR count). The molecule has 0 saturated heterocycles. The van der Waals surface area contributed by atoms with Crippen LogP contribution in [0.15, 0.2) is 0 Å². The minimum absolute atomic E-state index is 0.151. The summed E-state index contributed by atoms with van der Waals surface area (Å²) in [5.74, 6) is 1.00. The summed E-state index contributed by atoms with van der Waals surface area (Å²) in [6, 6.07) is 2.94. The largest absolute Gasteiger partial charge is 0.312 e. The first kappa shape index (κ1) is 10.5. The second kappa shape index (κ2) is 5.24. The van der Waals surface area contributed by atoms with E-state index < -0.39 is 0 Å². The average molecular weight is 180 g/mol. The molecule has 0 bridgehead atoms. The van der Waals surface area contributed by atoms with Crippen LogP contribution in [0.4, 0.5) is 0 Å². The summed E-state index contributed by atoms with van der Waals surface area (Å²) in [4.78, 5) is 0. The zero-order valence-corrected chi connectivity index (χ0v) is 8.71. The predicted molar refractivity (Wildman–Crippen MR) is 54.2 cm³/mol. The van der Waals surface area contributed by atoms with Gasteiger partial charge in [0.05, 0.1) is 12.0 Å². The van der Waals surface area contributed by atoms with Crippen molar-refractivity contribution in [3.05, 3.63) is 0 Å². The second-order valence-corrected chi connectivity index (χ2v) is 4.14. The first-order chi connectivity index (χ1) is 6.27. The van der Waals surface area contributed by atoms with E-state index in [1.165, 1.54) is 25.7 Å². The van der Waals surface area contributed by atoms with Crippen molar-refractivity contribution in [2.75, 3.05) is 6.54 Å². The normalized spacial score (nSPS) is 29.9. The molecule has 2 heteroatoms. The highest BCUT2D eigenvalue weighted by Crippen LogP contribution is 2.27. The fourth-order valence-corrected chi connectivity index (χ4v) is 2.17. The number of hydrogen-bond acceptors (Lipinski definition) is 2. The lowest BCUT2D eigenvalue weighted by atomic mass is 10.0. The van der Waals surface area contributed by atoms with Crippen LogP contribution in [0.1, 0.15) is 39.5 Å². The maximum absolute atomic E-state index is 8.64. The molecule has 3 unspecified atom stereocenters. The molecule has 2 nitrogen and oxygen atoms in total. The van der Waals surface area contributed by atoms with E-state index >= 15 is 0 Å². The first-order valence-electron chi connectivity index (χ1n) is 5.41. The van der Waals surface area contributed by atoms with Gasteiger partial charge in [0.15, 0.2) is 0 Å². The number of nitriles is 1. The molecule has 74 valence electrons. The van der Waals surface area contributed by atoms with Crippen LogP contribution in [0.25, 0.3) is 0 Å². The van der Waals surface area contributed by atoms with E-state index in [2.05, 4.69) is 18.3 Å². The van der Waals surface area contributed by atoms with Gasteiger partial charge in [-0.15, -0.1) is 0 Å². The minimum Gasteiger partial charge on any atom is -0.312 e. The lowest BCUT2D eigenvalue weighted by molar-refractivity contribution is 0.380. The molecular weight excluding hydrogens is 160 g/mol. The van der Waals surface area contributed by atoms with Crippen molar-refractivity contribution in [2.45, 2.75) is 45.6 Å². The van der Waals surface area contributed by atoms with Crippen LogP contribution in [0, 0.1) is 23.2 Å². The number of rotatable bonds is 4. The SMILES string of the molecule is CCC1CCCC1NCC(C)C#N. The number of nitrogens with one attached hydrogen (secondary N) is 1. The Morgan fingerprint density at radius 1 is 1.54 bits per heavy atom. The van der Waals surface area contributed by atoms with Crippen LogP contribution in [-0.4, -0.2) is 12.6 Å². The summed E-state index contributed by atoms with van der Waals surface area (Å²) in [6.45, 7) is 5.10. The third-order valence-corrected chi connectivity index (χ3v) is 3.09. The molecule has 1 aliphatic carbocycles. The standard InChI is InChI=1S/C11H20N2/c1-3-10-5-4-6-11(10)13-8-9(2)7-12/h9-11,13H,3-6,8H2,1-2H3. The van der Waals surface area contributed by atoms with Gasteiger partial charge in [-0.05, 0) is 25.7 Å². The van der Waals surface area contributed by atoms with Gasteiger partial charge in [-0.1, -0.05) is 19.8 Å². The molecule has 0 aliphatic heterocycles. The van der Waals surface area contributed by atoms with E-state index in [1.807, 2.05) is 6.92 Å². The zero-order chi connectivity index (χ0) is 9.68. The van der Waals surface area contributed by atoms with Gasteiger partial charge in [0.1, 0.15) is 0 Å². The lowest BCUT2D eigenvalue weighted by Crippen LogP contribution is -2.34. The minimum atomic E-state index is 0.151. The number of nitrogens with zero attached hydrogens (tertiary/aromatic N) is 1. The summed E-state index contributed by atoms with van der Waals surface area (Å²) in [7, 11) is 0. The second-order valence-electron chi connectivity index (χ2n) is 4.14. The predicted octanol–water partition coefficient (Wildman–Crippen LogP) is 2.31. The third kappa shape index (κ3) is 3.00. The van der Waals surface area contributed by atoms with Gasteiger partial charge in [-0.2, -0.15) is 5.26 Å². The molecule has 0 aromatic heterocycles. The smallest absolute Gasteiger partial charge is 0.0666 e. The highest BCUT2D eigenvalue weighted by Gasteiger charge is 2.25. The maximum atomic E-state index is 8.64. The van der Waals surface area contributed by atoms with Crippen LogP contribution in [0.2, 0.25) is 0 Å². The van der Waals surface area contributed by atoms with Crippen LogP contribution < -0.4 is 5.32 Å². The first-order valence-corrected chi connectivity index (χ1v) is 5.41. The molecule has 1 fully saturated rings. The Morgan fingerprint density at radius 3 is 2.92 bits per heavy atom. The van der Waals surface area contributed by atoms with Crippen molar-refractivity contribution in [3.8, 4) is 6.07 Å². The Kier molecular flexibility index (Phi) is 4.24. The molecule has 1 N–H and O–H groups in total. The highest BCUT2D eigenvalue weighted by atomic mass is 14.9. The average Bonchev–Trinajstić information content (AvgIpc) is 2.61. The summed E-state index contributed by atoms with van der Waals surface area (Å²) in [6.07, 6.45) is 5.31. The van der Waals surface area contributed by atoms with Gasteiger partial charge in [0.25, 0.3) is 0 Å². The van der Waals surface area contributed by atoms with Gasteiger partial charge in [0, 0.05) is 12.6 Å². The molecular formula is C11H20N2. The van der Waals surface area contributed by atoms with Crippen molar-refractivity contribution < 1.29 is 0 Å². The van der Waals surface area contributed by atoms with Crippen molar-refractivity contribution >= 4 is 0 Å². The molecule has 0 amide bonds. The fraction of sp³-hybridized carbons (Fsp3) is 0.909. The summed E-state index contributed by atoms with van der Waals surface area (Å²) < 4.78 is 0. The van der Waals surface area contributed by atoms with Crippen LogP contribution >= 0.6 is 0 Å². The van der Waals surface area contributed by atoms with Crippen molar-refractivity contribution in [1.29, 1.82) is 5.26 Å². The van der Waals surface area contributed by atoms with Crippen molar-refractivity contribution in [1.82, 2.24) is 5.32 Å². The van der Waals surface area contributed by atoms with Gasteiger partial charge < -0.3 is 5.32 Å². The molecule has 0 aromatic carbocycles. The van der Waals surface area contributed by atoms with E-state index in [1.54, 1.807) is 0 Å². The molecule has 1 aliphatic rings. The van der Waals surface area contributed by atoms with E-state index in [0.717, 1.165) is 12.5 Å². The Hall–Kier alpha value is -0.550. The summed E-state index contributed by atoms with van der Waals surface area (Å²) in [5, 5.41) is 12.2. The van der Waals surface area contributed by atoms with E-state index in [9.17, 15) is 0 Å². The number of hydrogen-bond donors (Lipinski definition) is 1. The van der Waals surface area contributed by atoms with E-state index in [0.29, 0.717) is 6.04 Å². The van der Waals surface area contributed by atoms with Crippen LogP contribution in [0.5, 0.6) is 0 Å². The summed E-state index contributed by atoms with van der Waals surface area (Å²) >= 11 is 0. The molecule has 3 atom stereocenters. The van der Waals surface area contributed by atoms with Crippen molar-refractivity contribution in [3.63, 3.8) is 0 Å². The molecule has 0 aromatic rings. The van der Waals surface area contributed by atoms with E-state index in [4.69, 9.17) is 5.26 Å². The highest BCUT2D eigenvalue weighted by molar-refractivity contribution is 4.86. The van der Waals surface area contributed by atoms with Crippen LogP contribution in [0.3, 0.4) is 0 Å². The van der Waals surface area contributed by atoms with Gasteiger partial charge >= 0.3 is 0 Å². The Morgan fingerprint density at radius 2 is 2.31 bits per heavy atom. The monoisotopic (exact) mass is 180 g/mol. The van der Waals surface area contributed by atoms with Crippen LogP contribution in [-0.2, 0) is 0 Å². The lowest BCUT2D eigenvalue weighted by Gasteiger charge is -2.20. The fourth-order valence-electron chi connectivity index (χ4n) is 2.17. The maximum Gasteiger partial charge on any atom is 0.0666 e. The zero-order valence-electron chi connectivity index (χ0n) is 8.71. The van der Waals surface area contributed by atoms with Crippen molar-refractivity contribution in [2.24, 2.45) is 11.8 Å². The molecule has 0 spiro atoms. The Labute approximate surface area is 81.3 Å². The van der Waals surface area contributed by atoms with Gasteiger partial charge in [-0.3, -0.25) is 0 Å². The quantitative estimate of drug-likeness (QED) is 0.720. The molecule has 13 heavy (non-hydrogen) atoms. The molecule has 1 saturated carbocycles. The Bertz CT molecular complexity index is 183. The van der Waals surface area contributed by atoms with Gasteiger partial charge in [0.2, 0.25) is 0 Å². The Balaban J connectivity index is 2.24. The molecule has 0 heterocycles. The molecule has 0 radical (unpaired) electrons. The van der Waals surface area contributed by atoms with Gasteiger partial charge in [-0.25, -0.2) is 0 Å². The topological polar surface area (TPSA) is 35.8 Å². The van der Waals surface area contributed by atoms with E-state index in [-0.39, 0.29) is 5.92 Å².